The largest absolute Gasteiger partial charge is 0.439 e. The third-order valence-electron chi connectivity index (χ3n) is 2.85. The van der Waals surface area contributed by atoms with Crippen LogP contribution in [0.1, 0.15) is 26.2 Å². The van der Waals surface area contributed by atoms with Crippen LogP contribution in [0.25, 0.3) is 0 Å². The summed E-state index contributed by atoms with van der Waals surface area (Å²) in [6.45, 7) is 6.80. The van der Waals surface area contributed by atoms with Crippen molar-refractivity contribution < 1.29 is 0 Å². The molecule has 60 valence electrons. The van der Waals surface area contributed by atoms with Gasteiger partial charge >= 0.3 is 0 Å². The van der Waals surface area contributed by atoms with Gasteiger partial charge in [-0.25, -0.2) is 0 Å². The van der Waals surface area contributed by atoms with Crippen LogP contribution >= 0.6 is 0 Å². The Morgan fingerprint density at radius 1 is 1.45 bits per heavy atom. The molecule has 0 radical (unpaired) electrons. The summed E-state index contributed by atoms with van der Waals surface area (Å²) in [5, 5.41) is 3.57. The Balaban J connectivity index is 0.000000605. The molecule has 0 bridgehead atoms. The SMILES string of the molecule is C[CH-]N1CCC12CCCN2.[Rf]. The van der Waals surface area contributed by atoms with Gasteiger partial charge in [-0.2, -0.15) is 6.92 Å². The minimum Gasteiger partial charge on any atom is -0.439 e. The second-order valence-corrected chi connectivity index (χ2v) is 3.26. The molecule has 2 rings (SSSR count). The van der Waals surface area contributed by atoms with E-state index in [2.05, 4.69) is 23.7 Å². The molecule has 2 saturated heterocycles. The van der Waals surface area contributed by atoms with E-state index in [9.17, 15) is 0 Å². The maximum Gasteiger partial charge on any atom is 0.0452 e. The van der Waals surface area contributed by atoms with Crippen LogP contribution in [0.2, 0.25) is 0 Å². The summed E-state index contributed by atoms with van der Waals surface area (Å²) in [4.78, 5) is 2.43. The van der Waals surface area contributed by atoms with E-state index in [0.29, 0.717) is 5.66 Å². The maximum absolute atomic E-state index is 3.57. The van der Waals surface area contributed by atoms with Crippen LogP contribution in [0.5, 0.6) is 0 Å². The smallest absolute Gasteiger partial charge is 0.0452 e. The Bertz CT molecular complexity index is 130. The molecule has 0 aromatic carbocycles. The van der Waals surface area contributed by atoms with Crippen molar-refractivity contribution in [2.75, 3.05) is 13.1 Å². The van der Waals surface area contributed by atoms with Gasteiger partial charge in [0.05, 0.1) is 0 Å². The van der Waals surface area contributed by atoms with E-state index in [1.54, 1.807) is 0 Å². The molecule has 2 aliphatic heterocycles. The average molecular weight is 406 g/mol. The summed E-state index contributed by atoms with van der Waals surface area (Å²) in [7, 11) is 0. The minimum absolute atomic E-state index is 0. The molecule has 11 heavy (non-hydrogen) atoms. The molecule has 1 unspecified atom stereocenters. The van der Waals surface area contributed by atoms with Gasteiger partial charge in [0, 0.05) is 5.66 Å². The molecule has 1 atom stereocenters. The van der Waals surface area contributed by atoms with E-state index in [4.69, 9.17) is 0 Å². The second kappa shape index (κ2) is 2.51. The van der Waals surface area contributed by atoms with Crippen LogP contribution < -0.4 is 5.32 Å². The van der Waals surface area contributed by atoms with Crippen LogP contribution in [-0.4, -0.2) is 23.7 Å². The molecule has 2 heterocycles. The fourth-order valence-electron chi connectivity index (χ4n) is 2.14. The number of hydrogen-bond acceptors (Lipinski definition) is 2. The zero-order valence-electron chi connectivity index (χ0n) is 7.27. The predicted octanol–water partition coefficient (Wildman–Crippen LogP) is 0.953. The standard InChI is InChI=1S/C8H15N2.Rf/c1-2-10-7-5-8(10)4-3-6-9-8;/h2,9H,3-7H2,1H3;/q-1;. The molecule has 2 nitrogen and oxygen atoms in total. The Hall–Kier alpha value is -1.08. The fraction of sp³-hybridized carbons (Fsp3) is 0.875. The summed E-state index contributed by atoms with van der Waals surface area (Å²) in [6, 6.07) is 0. The summed E-state index contributed by atoms with van der Waals surface area (Å²) < 4.78 is 0. The molecule has 2 fully saturated rings. The number of nitrogens with zero attached hydrogens (tertiary/aromatic N) is 1. The van der Waals surface area contributed by atoms with Gasteiger partial charge in [0.2, 0.25) is 0 Å². The molecule has 0 aliphatic carbocycles. The molecule has 0 aromatic heterocycles. The van der Waals surface area contributed by atoms with Crippen molar-refractivity contribution in [2.24, 2.45) is 0 Å². The molecule has 3 heteroatoms. The first-order chi connectivity index (χ1) is 4.87. The van der Waals surface area contributed by atoms with E-state index in [1.165, 1.54) is 32.4 Å². The van der Waals surface area contributed by atoms with Gasteiger partial charge in [0.25, 0.3) is 0 Å². The second-order valence-electron chi connectivity index (χ2n) is 3.26. The first kappa shape index (κ1) is 8.02. The van der Waals surface area contributed by atoms with Gasteiger partial charge in [-0.1, -0.05) is 0 Å². The molecule has 0 amide bonds. The van der Waals surface area contributed by atoms with Crippen molar-refractivity contribution >= 4 is 0 Å². The summed E-state index contributed by atoms with van der Waals surface area (Å²) in [6.07, 6.45) is 4.04. The minimum atomic E-state index is 0. The van der Waals surface area contributed by atoms with Gasteiger partial charge in [0.1, 0.15) is 0 Å². The zero-order chi connectivity index (χ0) is 7.03. The number of rotatable bonds is 1. The first-order valence-electron chi connectivity index (χ1n) is 4.19. The van der Waals surface area contributed by atoms with Crippen LogP contribution in [0.15, 0.2) is 0 Å². The van der Waals surface area contributed by atoms with Gasteiger partial charge < -0.3 is 10.2 Å². The van der Waals surface area contributed by atoms with Crippen molar-refractivity contribution in [3.63, 3.8) is 0 Å². The third kappa shape index (κ3) is 0.889. The summed E-state index contributed by atoms with van der Waals surface area (Å²) in [5.74, 6) is 0. The monoisotopic (exact) mass is 406 g/mol. The number of hydrogen-bond donors (Lipinski definition) is 1. The predicted molar refractivity (Wildman–Crippen MR) is 41.3 cm³/mol. The Labute approximate surface area is 62.6 Å². The Morgan fingerprint density at radius 2 is 2.27 bits per heavy atom. The van der Waals surface area contributed by atoms with Gasteiger partial charge in [-0.3, -0.25) is 6.54 Å². The fourth-order valence-corrected chi connectivity index (χ4v) is 2.14. The number of likely N-dealkylation sites (tertiary alicyclic amines) is 1. The van der Waals surface area contributed by atoms with E-state index in [-0.39, 0.29) is 0 Å². The first-order valence-corrected chi connectivity index (χ1v) is 4.19. The third-order valence-corrected chi connectivity index (χ3v) is 2.85. The Kier molecular flexibility index (Phi) is 1.83. The van der Waals surface area contributed by atoms with Crippen LogP contribution in [0.4, 0.5) is 0 Å². The van der Waals surface area contributed by atoms with Crippen molar-refractivity contribution in [1.29, 1.82) is 0 Å². The van der Waals surface area contributed by atoms with Crippen LogP contribution in [-0.2, 0) is 0 Å². The molecular weight excluding hydrogens is 391 g/mol. The molecule has 1 spiro atoms. The van der Waals surface area contributed by atoms with Gasteiger partial charge in [-0.15, -0.1) is 0 Å². The van der Waals surface area contributed by atoms with E-state index in [0.717, 1.165) is 0 Å². The normalized spacial score (nSPS) is 36.8. The average Bonchev–Trinajstić information content (AvgIpc) is 2.35. The summed E-state index contributed by atoms with van der Waals surface area (Å²) >= 11 is 0. The van der Waals surface area contributed by atoms with E-state index in [1.807, 2.05) is 0 Å². The Morgan fingerprint density at radius 3 is 2.64 bits per heavy atom. The topological polar surface area (TPSA) is 15.3 Å². The molecular formula is C8H15N2Rf-. The summed E-state index contributed by atoms with van der Waals surface area (Å²) in [5.41, 5.74) is 0.411. The van der Waals surface area contributed by atoms with Crippen molar-refractivity contribution in [3.05, 3.63) is 6.54 Å². The molecule has 1 N–H and O–H groups in total. The molecule has 2 aliphatic rings. The van der Waals surface area contributed by atoms with E-state index < -0.39 is 0 Å². The van der Waals surface area contributed by atoms with Crippen molar-refractivity contribution in [2.45, 2.75) is 31.8 Å². The zero-order valence-corrected chi connectivity index (χ0v) is 13.7. The van der Waals surface area contributed by atoms with Crippen molar-refractivity contribution in [1.82, 2.24) is 10.2 Å². The van der Waals surface area contributed by atoms with Crippen molar-refractivity contribution in [3.8, 4) is 0 Å². The van der Waals surface area contributed by atoms with Crippen LogP contribution in [0, 0.1) is 6.54 Å². The molecule has 0 saturated carbocycles. The quantitative estimate of drug-likeness (QED) is 0.653. The van der Waals surface area contributed by atoms with E-state index >= 15 is 0 Å². The van der Waals surface area contributed by atoms with Gasteiger partial charge in [0.15, 0.2) is 0 Å². The molecule has 0 aromatic rings. The van der Waals surface area contributed by atoms with Crippen LogP contribution in [0.3, 0.4) is 0 Å². The maximum atomic E-state index is 3.57. The van der Waals surface area contributed by atoms with Gasteiger partial charge in [-0.05, 0) is 32.4 Å². The number of nitrogens with one attached hydrogen (secondary N) is 1.